The second-order valence-corrected chi connectivity index (χ2v) is 5.72. The van der Waals surface area contributed by atoms with E-state index >= 15 is 0 Å². The molecule has 0 aliphatic rings. The zero-order valence-electron chi connectivity index (χ0n) is 15.2. The average molecular weight is 341 g/mol. The number of ether oxygens (including phenoxy) is 2. The van der Waals surface area contributed by atoms with E-state index in [1.807, 2.05) is 24.3 Å². The number of hydrogen-bond donors (Lipinski definition) is 2. The summed E-state index contributed by atoms with van der Waals surface area (Å²) in [4.78, 5) is 4.27. The minimum Gasteiger partial charge on any atom is -0.491 e. The topological polar surface area (TPSA) is 54.9 Å². The molecule has 0 aliphatic carbocycles. The third kappa shape index (κ3) is 6.47. The van der Waals surface area contributed by atoms with Crippen molar-refractivity contribution in [2.24, 2.45) is 4.99 Å². The first-order valence-corrected chi connectivity index (χ1v) is 8.42. The van der Waals surface area contributed by atoms with Gasteiger partial charge in [0.15, 0.2) is 5.96 Å². The number of rotatable bonds is 8. The number of guanidine groups is 1. The molecule has 5 nitrogen and oxygen atoms in total. The first kappa shape index (κ1) is 18.8. The van der Waals surface area contributed by atoms with E-state index in [0.29, 0.717) is 19.8 Å². The number of nitrogens with zero attached hydrogens (tertiary/aromatic N) is 1. The van der Waals surface area contributed by atoms with Crippen LogP contribution in [-0.2, 0) is 17.8 Å². The Balaban J connectivity index is 1.92. The molecule has 0 aliphatic heterocycles. The summed E-state index contributed by atoms with van der Waals surface area (Å²) < 4.78 is 10.9. The molecule has 0 saturated carbocycles. The molecule has 0 bridgehead atoms. The molecule has 0 unspecified atom stereocenters. The summed E-state index contributed by atoms with van der Waals surface area (Å²) in [7, 11) is 3.44. The van der Waals surface area contributed by atoms with Crippen LogP contribution >= 0.6 is 0 Å². The Hall–Kier alpha value is -2.53. The molecule has 0 radical (unpaired) electrons. The number of hydrogen-bond acceptors (Lipinski definition) is 3. The van der Waals surface area contributed by atoms with Gasteiger partial charge in [0, 0.05) is 32.8 Å². The summed E-state index contributed by atoms with van der Waals surface area (Å²) in [6, 6.07) is 16.5. The molecule has 0 heterocycles. The van der Waals surface area contributed by atoms with Crippen molar-refractivity contribution in [2.75, 3.05) is 27.4 Å². The van der Waals surface area contributed by atoms with Gasteiger partial charge in [-0.25, -0.2) is 0 Å². The van der Waals surface area contributed by atoms with Gasteiger partial charge in [0.2, 0.25) is 0 Å². The summed E-state index contributed by atoms with van der Waals surface area (Å²) >= 11 is 0. The van der Waals surface area contributed by atoms with Crippen molar-refractivity contribution in [3.8, 4) is 5.75 Å². The fraction of sp³-hybridized carbons (Fsp3) is 0.350. The van der Waals surface area contributed by atoms with Crippen LogP contribution < -0.4 is 15.4 Å². The molecular formula is C20H27N3O2. The van der Waals surface area contributed by atoms with Crippen LogP contribution in [0.3, 0.4) is 0 Å². The van der Waals surface area contributed by atoms with Crippen molar-refractivity contribution < 1.29 is 9.47 Å². The van der Waals surface area contributed by atoms with Crippen molar-refractivity contribution in [3.63, 3.8) is 0 Å². The van der Waals surface area contributed by atoms with Gasteiger partial charge in [0.1, 0.15) is 12.4 Å². The molecular weight excluding hydrogens is 314 g/mol. The van der Waals surface area contributed by atoms with Crippen molar-refractivity contribution in [1.29, 1.82) is 0 Å². The summed E-state index contributed by atoms with van der Waals surface area (Å²) in [5, 5.41) is 6.65. The van der Waals surface area contributed by atoms with Crippen molar-refractivity contribution in [2.45, 2.75) is 20.0 Å². The van der Waals surface area contributed by atoms with Gasteiger partial charge in [0.25, 0.3) is 0 Å². The highest BCUT2D eigenvalue weighted by Crippen LogP contribution is 2.20. The molecule has 0 spiro atoms. The smallest absolute Gasteiger partial charge is 0.191 e. The molecule has 0 saturated heterocycles. The van der Waals surface area contributed by atoms with Gasteiger partial charge in [-0.2, -0.15) is 0 Å². The van der Waals surface area contributed by atoms with Crippen LogP contribution in [0.4, 0.5) is 0 Å². The van der Waals surface area contributed by atoms with Crippen LogP contribution in [0.25, 0.3) is 0 Å². The van der Waals surface area contributed by atoms with Gasteiger partial charge in [0.05, 0.1) is 6.61 Å². The predicted octanol–water partition coefficient (Wildman–Crippen LogP) is 2.89. The van der Waals surface area contributed by atoms with Crippen molar-refractivity contribution in [1.82, 2.24) is 10.6 Å². The van der Waals surface area contributed by atoms with Gasteiger partial charge in [-0.05, 0) is 24.1 Å². The first-order chi connectivity index (χ1) is 12.2. The summed E-state index contributed by atoms with van der Waals surface area (Å²) in [5.74, 6) is 1.63. The zero-order chi connectivity index (χ0) is 17.9. The molecule has 134 valence electrons. The second kappa shape index (κ2) is 10.4. The normalized spacial score (nSPS) is 11.2. The molecule has 5 heteroatoms. The fourth-order valence-corrected chi connectivity index (χ4v) is 2.36. The van der Waals surface area contributed by atoms with E-state index in [4.69, 9.17) is 9.47 Å². The third-order valence-corrected chi connectivity index (χ3v) is 3.74. The summed E-state index contributed by atoms with van der Waals surface area (Å²) in [5.41, 5.74) is 3.47. The minimum atomic E-state index is 0.536. The Bertz CT molecular complexity index is 672. The molecule has 2 aromatic carbocycles. The maximum Gasteiger partial charge on any atom is 0.191 e. The highest BCUT2D eigenvalue weighted by Gasteiger charge is 2.06. The number of aliphatic imine (C=N–C) groups is 1. The van der Waals surface area contributed by atoms with Crippen molar-refractivity contribution in [3.05, 3.63) is 65.2 Å². The first-order valence-electron chi connectivity index (χ1n) is 8.42. The number of methoxy groups -OCH3 is 1. The molecule has 0 atom stereocenters. The van der Waals surface area contributed by atoms with E-state index in [9.17, 15) is 0 Å². The van der Waals surface area contributed by atoms with E-state index in [1.165, 1.54) is 11.1 Å². The second-order valence-electron chi connectivity index (χ2n) is 5.72. The van der Waals surface area contributed by atoms with Gasteiger partial charge in [-0.1, -0.05) is 42.5 Å². The number of nitrogens with one attached hydrogen (secondary N) is 2. The van der Waals surface area contributed by atoms with Gasteiger partial charge >= 0.3 is 0 Å². The molecule has 2 aromatic rings. The Kier molecular flexibility index (Phi) is 7.79. The molecule has 2 rings (SSSR count). The Morgan fingerprint density at radius 2 is 1.76 bits per heavy atom. The molecule has 2 N–H and O–H groups in total. The van der Waals surface area contributed by atoms with E-state index < -0.39 is 0 Å². The summed E-state index contributed by atoms with van der Waals surface area (Å²) in [6.45, 7) is 4.53. The van der Waals surface area contributed by atoms with E-state index in [1.54, 1.807) is 14.2 Å². The zero-order valence-corrected chi connectivity index (χ0v) is 15.2. The molecule has 0 aromatic heterocycles. The van der Waals surface area contributed by atoms with Crippen molar-refractivity contribution >= 4 is 5.96 Å². The maximum absolute atomic E-state index is 5.83. The third-order valence-electron chi connectivity index (χ3n) is 3.74. The average Bonchev–Trinajstić information content (AvgIpc) is 2.64. The number of aryl methyl sites for hydroxylation is 1. The van der Waals surface area contributed by atoms with E-state index in [-0.39, 0.29) is 0 Å². The fourth-order valence-electron chi connectivity index (χ4n) is 2.36. The highest BCUT2D eigenvalue weighted by molar-refractivity contribution is 5.79. The Morgan fingerprint density at radius 3 is 2.48 bits per heavy atom. The van der Waals surface area contributed by atoms with Gasteiger partial charge in [-0.15, -0.1) is 0 Å². The lowest BCUT2D eigenvalue weighted by atomic mass is 10.1. The predicted molar refractivity (Wildman–Crippen MR) is 102 cm³/mol. The van der Waals surface area contributed by atoms with Crippen LogP contribution in [0.5, 0.6) is 5.75 Å². The highest BCUT2D eigenvalue weighted by atomic mass is 16.5. The molecule has 0 fully saturated rings. The van der Waals surface area contributed by atoms with Crippen LogP contribution in [0, 0.1) is 6.92 Å². The van der Waals surface area contributed by atoms with E-state index in [2.05, 4.69) is 46.8 Å². The van der Waals surface area contributed by atoms with Gasteiger partial charge < -0.3 is 20.1 Å². The lowest BCUT2D eigenvalue weighted by molar-refractivity contribution is 0.145. The van der Waals surface area contributed by atoms with Gasteiger partial charge in [-0.3, -0.25) is 4.99 Å². The lowest BCUT2D eigenvalue weighted by Crippen LogP contribution is -2.36. The Labute approximate surface area is 150 Å². The van der Waals surface area contributed by atoms with E-state index in [0.717, 1.165) is 23.8 Å². The monoisotopic (exact) mass is 341 g/mol. The largest absolute Gasteiger partial charge is 0.491 e. The summed E-state index contributed by atoms with van der Waals surface area (Å²) in [6.07, 6.45) is 0. The molecule has 25 heavy (non-hydrogen) atoms. The lowest BCUT2D eigenvalue weighted by Gasteiger charge is -2.15. The molecule has 0 amide bonds. The van der Waals surface area contributed by atoms with Crippen LogP contribution in [0.1, 0.15) is 16.7 Å². The van der Waals surface area contributed by atoms with Crippen LogP contribution in [-0.4, -0.2) is 33.3 Å². The SMILES string of the molecule is CN=C(NCc1ccccc1)NCc1ccc(C)cc1OCCOC. The standard InChI is InChI=1S/C20H27N3O2/c1-16-9-10-18(19(13-16)25-12-11-24-3)15-23-20(21-2)22-14-17-7-5-4-6-8-17/h4-10,13H,11-12,14-15H2,1-3H3,(H2,21,22,23). The minimum absolute atomic E-state index is 0.536. The van der Waals surface area contributed by atoms with Crippen LogP contribution in [0.15, 0.2) is 53.5 Å². The quantitative estimate of drug-likeness (QED) is 0.440. The Morgan fingerprint density at radius 1 is 1.00 bits per heavy atom. The number of benzene rings is 2. The van der Waals surface area contributed by atoms with Crippen LogP contribution in [0.2, 0.25) is 0 Å². The maximum atomic E-state index is 5.83.